The van der Waals surface area contributed by atoms with E-state index in [1.165, 1.54) is 15.4 Å². The Labute approximate surface area is 200 Å². The molecule has 0 spiro atoms. The molecule has 35 heavy (non-hydrogen) atoms. The zero-order chi connectivity index (χ0) is 24.4. The van der Waals surface area contributed by atoms with Gasteiger partial charge in [0.2, 0.25) is 5.91 Å². The number of carbonyl (C=O) groups is 2. The van der Waals surface area contributed by atoms with E-state index >= 15 is 0 Å². The molecule has 11 nitrogen and oxygen atoms in total. The van der Waals surface area contributed by atoms with Crippen molar-refractivity contribution in [2.45, 2.75) is 13.5 Å². The van der Waals surface area contributed by atoms with Gasteiger partial charge in [-0.2, -0.15) is 15.5 Å². The standard InChI is InChI=1S/C24H22N8O3/c1-16-3-4-17(12-25)11-18(16)22-20(14-31(29-22)15-21(33)30-7-9-35-10-8-30)28-24(34)19-13-27-32-6-2-5-26-23(19)32/h2-6,11,13-14H,7-10,15H2,1H3,(H,28,34). The van der Waals surface area contributed by atoms with Gasteiger partial charge in [-0.15, -0.1) is 0 Å². The number of nitrogens with one attached hydrogen (secondary N) is 1. The molecule has 176 valence electrons. The third-order valence-corrected chi connectivity index (χ3v) is 5.82. The van der Waals surface area contributed by atoms with Gasteiger partial charge < -0.3 is 15.0 Å². The zero-order valence-corrected chi connectivity index (χ0v) is 19.0. The number of ether oxygens (including phenoxy) is 1. The average molecular weight is 470 g/mol. The number of hydrogen-bond acceptors (Lipinski definition) is 7. The monoisotopic (exact) mass is 470 g/mol. The average Bonchev–Trinajstić information content (AvgIpc) is 3.49. The number of aryl methyl sites for hydroxylation is 1. The number of fused-ring (bicyclic) bond motifs is 1. The molecular weight excluding hydrogens is 448 g/mol. The van der Waals surface area contributed by atoms with Crippen LogP contribution in [0.1, 0.15) is 21.5 Å². The minimum absolute atomic E-state index is 0.0120. The van der Waals surface area contributed by atoms with Crippen molar-refractivity contribution in [3.05, 3.63) is 65.7 Å². The van der Waals surface area contributed by atoms with Crippen LogP contribution in [0.4, 0.5) is 5.69 Å². The Balaban J connectivity index is 1.50. The highest BCUT2D eigenvalue weighted by Crippen LogP contribution is 2.30. The van der Waals surface area contributed by atoms with Crippen molar-refractivity contribution >= 4 is 23.1 Å². The highest BCUT2D eigenvalue weighted by atomic mass is 16.5. The summed E-state index contributed by atoms with van der Waals surface area (Å²) in [5.74, 6) is -0.498. The van der Waals surface area contributed by atoms with E-state index in [0.717, 1.165) is 5.56 Å². The minimum Gasteiger partial charge on any atom is -0.378 e. The number of benzene rings is 1. The van der Waals surface area contributed by atoms with E-state index in [0.29, 0.717) is 60.0 Å². The Morgan fingerprint density at radius 2 is 2.09 bits per heavy atom. The van der Waals surface area contributed by atoms with Crippen LogP contribution in [0.2, 0.25) is 0 Å². The van der Waals surface area contributed by atoms with Crippen molar-refractivity contribution in [1.82, 2.24) is 29.3 Å². The molecule has 0 aliphatic carbocycles. The largest absolute Gasteiger partial charge is 0.378 e. The molecule has 0 bridgehead atoms. The van der Waals surface area contributed by atoms with E-state index in [-0.39, 0.29) is 12.5 Å². The fourth-order valence-corrected chi connectivity index (χ4v) is 3.97. The van der Waals surface area contributed by atoms with Crippen LogP contribution in [-0.4, -0.2) is 67.4 Å². The van der Waals surface area contributed by atoms with E-state index in [4.69, 9.17) is 4.74 Å². The van der Waals surface area contributed by atoms with E-state index in [1.54, 1.807) is 41.7 Å². The van der Waals surface area contributed by atoms with Gasteiger partial charge in [0.1, 0.15) is 17.8 Å². The number of aromatic nitrogens is 5. The van der Waals surface area contributed by atoms with Gasteiger partial charge >= 0.3 is 0 Å². The fraction of sp³-hybridized carbons (Fsp3) is 0.250. The smallest absolute Gasteiger partial charge is 0.261 e. The van der Waals surface area contributed by atoms with Crippen LogP contribution in [0.5, 0.6) is 0 Å². The van der Waals surface area contributed by atoms with Crippen LogP contribution in [-0.2, 0) is 16.1 Å². The van der Waals surface area contributed by atoms with Crippen LogP contribution in [0.15, 0.2) is 49.1 Å². The summed E-state index contributed by atoms with van der Waals surface area (Å²) in [5, 5.41) is 21.1. The number of nitriles is 1. The van der Waals surface area contributed by atoms with Gasteiger partial charge in [0.05, 0.1) is 36.7 Å². The molecule has 2 amide bonds. The SMILES string of the molecule is Cc1ccc(C#N)cc1-c1nn(CC(=O)N2CCOCC2)cc1NC(=O)c1cnn2cccnc12. The molecule has 4 heterocycles. The van der Waals surface area contributed by atoms with Crippen LogP contribution < -0.4 is 5.32 Å². The Morgan fingerprint density at radius 1 is 1.26 bits per heavy atom. The van der Waals surface area contributed by atoms with Crippen molar-refractivity contribution in [2.75, 3.05) is 31.6 Å². The summed E-state index contributed by atoms with van der Waals surface area (Å²) >= 11 is 0. The maximum Gasteiger partial charge on any atom is 0.261 e. The van der Waals surface area contributed by atoms with Crippen molar-refractivity contribution in [3.63, 3.8) is 0 Å². The van der Waals surface area contributed by atoms with Crippen LogP contribution in [0, 0.1) is 18.3 Å². The molecule has 1 fully saturated rings. The summed E-state index contributed by atoms with van der Waals surface area (Å²) < 4.78 is 8.35. The summed E-state index contributed by atoms with van der Waals surface area (Å²) in [5.41, 5.74) is 3.64. The van der Waals surface area contributed by atoms with Gasteiger partial charge in [0.25, 0.3) is 5.91 Å². The number of nitrogens with zero attached hydrogens (tertiary/aromatic N) is 7. The Hall–Kier alpha value is -4.56. The van der Waals surface area contributed by atoms with Crippen molar-refractivity contribution in [3.8, 4) is 17.3 Å². The molecule has 0 saturated carbocycles. The quantitative estimate of drug-likeness (QED) is 0.471. The Kier molecular flexibility index (Phi) is 5.95. The Bertz CT molecular complexity index is 1460. The first-order chi connectivity index (χ1) is 17.0. The number of morpholine rings is 1. The molecule has 5 rings (SSSR count). The molecule has 11 heteroatoms. The highest BCUT2D eigenvalue weighted by molar-refractivity contribution is 6.09. The molecule has 3 aromatic heterocycles. The molecule has 0 unspecified atom stereocenters. The van der Waals surface area contributed by atoms with E-state index < -0.39 is 5.91 Å². The highest BCUT2D eigenvalue weighted by Gasteiger charge is 2.22. The number of carbonyl (C=O) groups excluding carboxylic acids is 2. The lowest BCUT2D eigenvalue weighted by atomic mass is 10.0. The first-order valence-electron chi connectivity index (χ1n) is 11.1. The second kappa shape index (κ2) is 9.36. The molecule has 0 radical (unpaired) electrons. The molecule has 1 aliphatic heterocycles. The zero-order valence-electron chi connectivity index (χ0n) is 19.0. The maximum atomic E-state index is 13.2. The number of anilines is 1. The molecule has 0 atom stereocenters. The van der Waals surface area contributed by atoms with Gasteiger partial charge in [-0.3, -0.25) is 14.3 Å². The van der Waals surface area contributed by atoms with E-state index in [9.17, 15) is 14.9 Å². The summed E-state index contributed by atoms with van der Waals surface area (Å²) in [4.78, 5) is 32.0. The summed E-state index contributed by atoms with van der Waals surface area (Å²) in [7, 11) is 0. The van der Waals surface area contributed by atoms with Crippen molar-refractivity contribution in [2.24, 2.45) is 0 Å². The number of hydrogen-bond donors (Lipinski definition) is 1. The second-order valence-corrected chi connectivity index (χ2v) is 8.12. The van der Waals surface area contributed by atoms with Crippen LogP contribution in [0.3, 0.4) is 0 Å². The maximum absolute atomic E-state index is 13.2. The molecule has 1 aliphatic rings. The first-order valence-corrected chi connectivity index (χ1v) is 11.1. The fourth-order valence-electron chi connectivity index (χ4n) is 3.97. The first kappa shape index (κ1) is 22.2. The van der Waals surface area contributed by atoms with E-state index in [2.05, 4.69) is 26.6 Å². The predicted octanol–water partition coefficient (Wildman–Crippen LogP) is 1.88. The van der Waals surface area contributed by atoms with Gasteiger partial charge in [-0.05, 0) is 30.7 Å². The lowest BCUT2D eigenvalue weighted by Crippen LogP contribution is -2.42. The van der Waals surface area contributed by atoms with Gasteiger partial charge in [-0.1, -0.05) is 6.07 Å². The molecule has 1 aromatic carbocycles. The third kappa shape index (κ3) is 4.47. The van der Waals surface area contributed by atoms with Crippen LogP contribution in [0.25, 0.3) is 16.9 Å². The lowest BCUT2D eigenvalue weighted by molar-refractivity contribution is -0.136. The van der Waals surface area contributed by atoms with Gasteiger partial charge in [0, 0.05) is 37.2 Å². The third-order valence-electron chi connectivity index (χ3n) is 5.82. The minimum atomic E-state index is -0.409. The normalized spacial score (nSPS) is 13.5. The second-order valence-electron chi connectivity index (χ2n) is 8.12. The van der Waals surface area contributed by atoms with Crippen molar-refractivity contribution < 1.29 is 14.3 Å². The number of rotatable bonds is 5. The molecule has 1 N–H and O–H groups in total. The van der Waals surface area contributed by atoms with Crippen LogP contribution >= 0.6 is 0 Å². The summed E-state index contributed by atoms with van der Waals surface area (Å²) in [6, 6.07) is 9.13. The number of amides is 2. The van der Waals surface area contributed by atoms with E-state index in [1.807, 2.05) is 13.0 Å². The van der Waals surface area contributed by atoms with Gasteiger partial charge in [-0.25, -0.2) is 9.50 Å². The Morgan fingerprint density at radius 3 is 2.89 bits per heavy atom. The molecule has 1 saturated heterocycles. The summed E-state index contributed by atoms with van der Waals surface area (Å²) in [6.07, 6.45) is 6.37. The molecule has 4 aromatic rings. The lowest BCUT2D eigenvalue weighted by Gasteiger charge is -2.26. The topological polar surface area (TPSA) is 130 Å². The summed E-state index contributed by atoms with van der Waals surface area (Å²) in [6.45, 7) is 3.98. The van der Waals surface area contributed by atoms with Crippen molar-refractivity contribution in [1.29, 1.82) is 5.26 Å². The molecular formula is C24H22N8O3. The van der Waals surface area contributed by atoms with Gasteiger partial charge in [0.15, 0.2) is 5.65 Å². The predicted molar refractivity (Wildman–Crippen MR) is 125 cm³/mol.